The van der Waals surface area contributed by atoms with Crippen molar-refractivity contribution < 1.29 is 24.1 Å². The molecule has 0 bridgehead atoms. The fourth-order valence-corrected chi connectivity index (χ4v) is 1.95. The monoisotopic (exact) mass is 292 g/mol. The molecule has 0 fully saturated rings. The summed E-state index contributed by atoms with van der Waals surface area (Å²) in [6.45, 7) is -0.197. The first kappa shape index (κ1) is 15.3. The maximum atomic E-state index is 13.3. The van der Waals surface area contributed by atoms with Gasteiger partial charge in [0.1, 0.15) is 30.5 Å². The van der Waals surface area contributed by atoms with Crippen LogP contribution in [0.1, 0.15) is 11.1 Å². The van der Waals surface area contributed by atoms with Gasteiger partial charge in [-0.15, -0.1) is 0 Å². The summed E-state index contributed by atoms with van der Waals surface area (Å²) in [4.78, 5) is 0. The van der Waals surface area contributed by atoms with Gasteiger partial charge in [0, 0.05) is 11.1 Å². The number of aliphatic hydroxyl groups excluding tert-OH is 2. The Morgan fingerprint density at radius 2 is 1.43 bits per heavy atom. The summed E-state index contributed by atoms with van der Waals surface area (Å²) in [6, 6.07) is 11.7. The maximum Gasteiger partial charge on any atom is 0.130 e. The molecule has 0 heterocycles. The van der Waals surface area contributed by atoms with Gasteiger partial charge in [-0.1, -0.05) is 18.2 Å². The summed E-state index contributed by atoms with van der Waals surface area (Å²) in [5.41, 5.74) is 0.609. The van der Waals surface area contributed by atoms with Crippen molar-refractivity contribution in [3.63, 3.8) is 0 Å². The van der Waals surface area contributed by atoms with Gasteiger partial charge in [-0.05, 0) is 24.3 Å². The third kappa shape index (κ3) is 4.18. The van der Waals surface area contributed by atoms with Crippen LogP contribution in [0.25, 0.3) is 0 Å². The lowest BCUT2D eigenvalue weighted by atomic mass is 10.1. The zero-order chi connectivity index (χ0) is 15.1. The average molecular weight is 292 g/mol. The quantitative estimate of drug-likeness (QED) is 0.769. The molecule has 2 N–H and O–H groups in total. The van der Waals surface area contributed by atoms with Crippen LogP contribution in [0.4, 0.5) is 4.39 Å². The SMILES string of the molecule is OCc1cc(F)cc(CO)c1OCCOc1ccccc1. The van der Waals surface area contributed by atoms with E-state index in [0.717, 1.165) is 5.75 Å². The average Bonchev–Trinajstić information content (AvgIpc) is 2.52. The standard InChI is InChI=1S/C16H17FO4/c17-14-8-12(10-18)16(13(9-14)11-19)21-7-6-20-15-4-2-1-3-5-15/h1-5,8-9,18-19H,6-7,10-11H2. The first-order valence-corrected chi connectivity index (χ1v) is 6.58. The molecule has 0 aliphatic carbocycles. The molecule has 0 spiro atoms. The molecule has 21 heavy (non-hydrogen) atoms. The third-order valence-corrected chi connectivity index (χ3v) is 2.89. The van der Waals surface area contributed by atoms with Gasteiger partial charge in [0.15, 0.2) is 0 Å². The number of halogens is 1. The summed E-state index contributed by atoms with van der Waals surface area (Å²) in [5, 5.41) is 18.5. The smallest absolute Gasteiger partial charge is 0.130 e. The zero-order valence-electron chi connectivity index (χ0n) is 11.5. The molecule has 2 aromatic rings. The number of aliphatic hydroxyl groups is 2. The molecule has 0 saturated carbocycles. The molecular weight excluding hydrogens is 275 g/mol. The van der Waals surface area contributed by atoms with E-state index < -0.39 is 5.82 Å². The van der Waals surface area contributed by atoms with E-state index in [1.54, 1.807) is 0 Å². The van der Waals surface area contributed by atoms with Crippen molar-refractivity contribution in [1.29, 1.82) is 0 Å². The second-order valence-electron chi connectivity index (χ2n) is 4.38. The molecule has 4 nitrogen and oxygen atoms in total. The molecular formula is C16H17FO4. The Morgan fingerprint density at radius 1 is 0.857 bits per heavy atom. The molecule has 0 radical (unpaired) electrons. The van der Waals surface area contributed by atoms with Crippen molar-refractivity contribution in [2.45, 2.75) is 13.2 Å². The Bertz CT molecular complexity index is 547. The van der Waals surface area contributed by atoms with E-state index in [0.29, 0.717) is 23.5 Å². The van der Waals surface area contributed by atoms with Crippen molar-refractivity contribution in [3.8, 4) is 11.5 Å². The number of rotatable bonds is 7. The van der Waals surface area contributed by atoms with Crippen LogP contribution >= 0.6 is 0 Å². The van der Waals surface area contributed by atoms with Gasteiger partial charge < -0.3 is 19.7 Å². The van der Waals surface area contributed by atoms with Crippen LogP contribution in [-0.4, -0.2) is 23.4 Å². The van der Waals surface area contributed by atoms with E-state index in [4.69, 9.17) is 9.47 Å². The minimum atomic E-state index is -0.518. The molecule has 0 aliphatic rings. The van der Waals surface area contributed by atoms with E-state index in [2.05, 4.69) is 0 Å². The molecule has 5 heteroatoms. The van der Waals surface area contributed by atoms with Crippen LogP contribution in [0, 0.1) is 5.82 Å². The summed E-state index contributed by atoms with van der Waals surface area (Å²) in [6.07, 6.45) is 0. The fraction of sp³-hybridized carbons (Fsp3) is 0.250. The lowest BCUT2D eigenvalue weighted by Gasteiger charge is -2.14. The van der Waals surface area contributed by atoms with Crippen molar-refractivity contribution in [2.75, 3.05) is 13.2 Å². The van der Waals surface area contributed by atoms with Crippen LogP contribution in [0.2, 0.25) is 0 Å². The van der Waals surface area contributed by atoms with Gasteiger partial charge in [-0.3, -0.25) is 0 Å². The van der Waals surface area contributed by atoms with Crippen LogP contribution < -0.4 is 9.47 Å². The molecule has 112 valence electrons. The predicted molar refractivity (Wildman–Crippen MR) is 75.7 cm³/mol. The predicted octanol–water partition coefficient (Wildman–Crippen LogP) is 2.27. The number of hydrogen-bond donors (Lipinski definition) is 2. The summed E-state index contributed by atoms with van der Waals surface area (Å²) in [7, 11) is 0. The molecule has 0 aliphatic heterocycles. The summed E-state index contributed by atoms with van der Waals surface area (Å²) in [5.74, 6) is 0.513. The molecule has 0 aromatic heterocycles. The summed E-state index contributed by atoms with van der Waals surface area (Å²) < 4.78 is 24.3. The highest BCUT2D eigenvalue weighted by atomic mass is 19.1. The van der Waals surface area contributed by atoms with Crippen LogP contribution in [-0.2, 0) is 13.2 Å². The first-order chi connectivity index (χ1) is 10.2. The van der Waals surface area contributed by atoms with Crippen LogP contribution in [0.15, 0.2) is 42.5 Å². The van der Waals surface area contributed by atoms with E-state index in [9.17, 15) is 14.6 Å². The van der Waals surface area contributed by atoms with Gasteiger partial charge in [-0.2, -0.15) is 0 Å². The molecule has 2 aromatic carbocycles. The normalized spacial score (nSPS) is 10.4. The Hall–Kier alpha value is -2.11. The molecule has 0 atom stereocenters. The van der Waals surface area contributed by atoms with Crippen molar-refractivity contribution in [3.05, 3.63) is 59.4 Å². The second kappa shape index (κ2) is 7.61. The Balaban J connectivity index is 1.96. The number of para-hydroxylation sites is 1. The lowest BCUT2D eigenvalue weighted by Crippen LogP contribution is -2.11. The molecule has 0 amide bonds. The first-order valence-electron chi connectivity index (χ1n) is 6.58. The van der Waals surface area contributed by atoms with Gasteiger partial charge in [0.25, 0.3) is 0 Å². The van der Waals surface area contributed by atoms with Crippen molar-refractivity contribution in [2.24, 2.45) is 0 Å². The maximum absolute atomic E-state index is 13.3. The highest BCUT2D eigenvalue weighted by Crippen LogP contribution is 2.26. The van der Waals surface area contributed by atoms with E-state index in [-0.39, 0.29) is 19.8 Å². The Morgan fingerprint density at radius 3 is 2.00 bits per heavy atom. The number of ether oxygens (including phenoxy) is 2. The minimum absolute atomic E-state index is 0.223. The number of benzene rings is 2. The zero-order valence-corrected chi connectivity index (χ0v) is 11.5. The molecule has 0 unspecified atom stereocenters. The second-order valence-corrected chi connectivity index (χ2v) is 4.38. The largest absolute Gasteiger partial charge is 0.490 e. The van der Waals surface area contributed by atoms with Gasteiger partial charge >= 0.3 is 0 Å². The minimum Gasteiger partial charge on any atom is -0.490 e. The van der Waals surface area contributed by atoms with E-state index in [1.807, 2.05) is 30.3 Å². The van der Waals surface area contributed by atoms with Gasteiger partial charge in [0.05, 0.1) is 13.2 Å². The fourth-order valence-electron chi connectivity index (χ4n) is 1.95. The highest BCUT2D eigenvalue weighted by Gasteiger charge is 2.11. The van der Waals surface area contributed by atoms with Gasteiger partial charge in [-0.25, -0.2) is 4.39 Å². The summed E-state index contributed by atoms with van der Waals surface area (Å²) >= 11 is 0. The molecule has 0 saturated heterocycles. The van der Waals surface area contributed by atoms with E-state index in [1.165, 1.54) is 12.1 Å². The van der Waals surface area contributed by atoms with E-state index >= 15 is 0 Å². The topological polar surface area (TPSA) is 58.9 Å². The lowest BCUT2D eigenvalue weighted by molar-refractivity contribution is 0.202. The van der Waals surface area contributed by atoms with Crippen LogP contribution in [0.5, 0.6) is 11.5 Å². The third-order valence-electron chi connectivity index (χ3n) is 2.89. The Labute approximate surface area is 122 Å². The number of hydrogen-bond acceptors (Lipinski definition) is 4. The van der Waals surface area contributed by atoms with Gasteiger partial charge in [0.2, 0.25) is 0 Å². The van der Waals surface area contributed by atoms with Crippen LogP contribution in [0.3, 0.4) is 0 Å². The highest BCUT2D eigenvalue weighted by molar-refractivity contribution is 5.41. The Kier molecular flexibility index (Phi) is 5.54. The molecule has 2 rings (SSSR count). The van der Waals surface area contributed by atoms with Crippen molar-refractivity contribution >= 4 is 0 Å². The van der Waals surface area contributed by atoms with Crippen molar-refractivity contribution in [1.82, 2.24) is 0 Å².